The molecule has 1 N–H and O–H groups in total. The maximum atomic E-state index is 7.22. The normalized spacial score (nSPS) is 17.4. The quantitative estimate of drug-likeness (QED) is 0.237. The van der Waals surface area contributed by atoms with Crippen molar-refractivity contribution in [2.24, 2.45) is 5.10 Å². The van der Waals surface area contributed by atoms with E-state index in [0.29, 0.717) is 5.71 Å². The van der Waals surface area contributed by atoms with Crippen LogP contribution in [0.5, 0.6) is 0 Å². The minimum atomic E-state index is 0.705. The van der Waals surface area contributed by atoms with Gasteiger partial charge in [0.25, 0.3) is 0 Å². The van der Waals surface area contributed by atoms with Crippen molar-refractivity contribution in [2.75, 3.05) is 0 Å². The van der Waals surface area contributed by atoms with E-state index in [1.54, 1.807) is 0 Å². The third-order valence-corrected chi connectivity index (χ3v) is 5.57. The summed E-state index contributed by atoms with van der Waals surface area (Å²) in [7, 11) is 4.64. The van der Waals surface area contributed by atoms with Crippen molar-refractivity contribution < 1.29 is 19.4 Å². The van der Waals surface area contributed by atoms with E-state index in [1.165, 1.54) is 49.0 Å². The van der Waals surface area contributed by atoms with Crippen molar-refractivity contribution in [1.29, 1.82) is 0 Å². The van der Waals surface area contributed by atoms with Crippen LogP contribution in [0.25, 0.3) is 5.84 Å². The van der Waals surface area contributed by atoms with E-state index in [4.69, 9.17) is 5.84 Å². The van der Waals surface area contributed by atoms with Crippen LogP contribution in [0.15, 0.2) is 65.8 Å². The Bertz CT molecular complexity index is 653. The number of nitrogens with one attached hydrogen (secondary N) is 1. The van der Waals surface area contributed by atoms with E-state index in [-0.39, 0.29) is 0 Å². The van der Waals surface area contributed by atoms with Crippen molar-refractivity contribution in [1.82, 2.24) is 0 Å². The predicted molar refractivity (Wildman–Crippen MR) is 135 cm³/mol. The summed E-state index contributed by atoms with van der Waals surface area (Å²) in [5.74, 6) is 14.6. The molecule has 0 bridgehead atoms. The van der Waals surface area contributed by atoms with Crippen LogP contribution in [-0.4, -0.2) is 5.71 Å². The topological polar surface area (TPSA) is 36.2 Å². The zero-order valence-electron chi connectivity index (χ0n) is 19.5. The van der Waals surface area contributed by atoms with Gasteiger partial charge in [-0.2, -0.15) is 0 Å². The van der Waals surface area contributed by atoms with E-state index >= 15 is 0 Å². The number of halogens is 1. The Kier molecular flexibility index (Phi) is 14.9. The van der Waals surface area contributed by atoms with Gasteiger partial charge in [-0.15, -0.1) is 0 Å². The fourth-order valence-corrected chi connectivity index (χ4v) is 3.21. The molecule has 2 nitrogen and oxygen atoms in total. The van der Waals surface area contributed by atoms with Gasteiger partial charge in [0, 0.05) is 0 Å². The van der Waals surface area contributed by atoms with Gasteiger partial charge in [-0.25, -0.2) is 0 Å². The van der Waals surface area contributed by atoms with Crippen LogP contribution in [0.2, 0.25) is 0 Å². The molecule has 2 fully saturated rings. The minimum absolute atomic E-state index is 0.705. The fourth-order valence-electron chi connectivity index (χ4n) is 3.21. The standard InChI is InChI=1S/C13H11N2.C10H15.C5H5.ClH.Ti/c14-15-13(11-7-3-1-4-8-11)12-9-5-2-6-10-12;1-6-7(2)9(4)10(5)8(6)3;1-2-4-5-3-1;;/h1-10,14H;1-5H3;1-5H;1H;/q-1;;;;+4/p-1. The average molecular weight is 479 g/mol. The summed E-state index contributed by atoms with van der Waals surface area (Å²) < 4.78 is 0. The van der Waals surface area contributed by atoms with Crippen molar-refractivity contribution in [3.63, 3.8) is 0 Å². The molecule has 0 saturated heterocycles. The Morgan fingerprint density at radius 1 is 0.562 bits per heavy atom. The molecular weight excluding hydrogens is 448 g/mol. The minimum Gasteiger partial charge on any atom is -0.616 e. The molecule has 0 heterocycles. The van der Waals surface area contributed by atoms with Gasteiger partial charge in [0.2, 0.25) is 0 Å². The summed E-state index contributed by atoms with van der Waals surface area (Å²) >= 11 is 1.47. The maximum absolute atomic E-state index is 7.22. The molecule has 2 aliphatic rings. The number of hydrogen-bond donors (Lipinski definition) is 0. The molecule has 162 valence electrons. The Labute approximate surface area is 212 Å². The van der Waals surface area contributed by atoms with E-state index in [0.717, 1.165) is 11.1 Å². The Morgan fingerprint density at radius 2 is 0.812 bits per heavy atom. The Balaban J connectivity index is 0.000000258. The molecule has 10 radical (unpaired) electrons. The molecule has 0 amide bonds. The number of rotatable bonds is 2. The van der Waals surface area contributed by atoms with Crippen molar-refractivity contribution in [2.45, 2.75) is 34.6 Å². The number of hydrogen-bond acceptors (Lipinski definition) is 1. The largest absolute Gasteiger partial charge is 0.616 e. The van der Waals surface area contributed by atoms with E-state index < -0.39 is 0 Å². The van der Waals surface area contributed by atoms with E-state index in [9.17, 15) is 0 Å². The smallest absolute Gasteiger partial charge is 0.0554 e. The summed E-state index contributed by atoms with van der Waals surface area (Å²) in [5, 5.41) is 3.60. The predicted octanol–water partition coefficient (Wildman–Crippen LogP) is 8.17. The van der Waals surface area contributed by atoms with E-state index in [1.807, 2.05) is 92.8 Å². The van der Waals surface area contributed by atoms with Gasteiger partial charge in [0.15, 0.2) is 0 Å². The van der Waals surface area contributed by atoms with E-state index in [2.05, 4.69) is 49.0 Å². The Hall–Kier alpha value is -1.09. The van der Waals surface area contributed by atoms with Gasteiger partial charge in [-0.3, -0.25) is 0 Å². The first kappa shape index (κ1) is 28.9. The van der Waals surface area contributed by atoms with Gasteiger partial charge in [0.1, 0.15) is 0 Å². The van der Waals surface area contributed by atoms with Gasteiger partial charge >= 0.3 is 28.7 Å². The van der Waals surface area contributed by atoms with Crippen LogP contribution in [0.3, 0.4) is 0 Å². The molecule has 32 heavy (non-hydrogen) atoms. The molecular formula is C28H31ClN2Ti+2. The van der Waals surface area contributed by atoms with Crippen LogP contribution < -0.4 is 0 Å². The van der Waals surface area contributed by atoms with Crippen LogP contribution >= 0.6 is 9.30 Å². The van der Waals surface area contributed by atoms with Crippen molar-refractivity contribution in [3.05, 3.63) is 139 Å². The summed E-state index contributed by atoms with van der Waals surface area (Å²) in [6.45, 7) is 11.0. The SMILES string of the molecule is C[C]1[C](C)[C](C)[C](C)[C]1C.[CH]1[CH][CH][CH][CH]1.[Cl][Ti+3].[NH-]N=C(c1ccccc1)c1ccccc1. The molecule has 0 atom stereocenters. The molecule has 0 aliphatic heterocycles. The fraction of sp³-hybridized carbons (Fsp3) is 0.179. The number of benzene rings is 2. The van der Waals surface area contributed by atoms with Gasteiger partial charge < -0.3 is 10.9 Å². The summed E-state index contributed by atoms with van der Waals surface area (Å²) in [6, 6.07) is 19.5. The van der Waals surface area contributed by atoms with Gasteiger partial charge in [-0.1, -0.05) is 95.3 Å². The molecule has 4 rings (SSSR count). The number of nitrogens with zero attached hydrogens (tertiary/aromatic N) is 1. The van der Waals surface area contributed by atoms with Crippen LogP contribution in [0, 0.1) is 61.7 Å². The molecule has 2 aliphatic carbocycles. The first-order chi connectivity index (χ1) is 15.5. The second-order valence-corrected chi connectivity index (χ2v) is 7.28. The first-order valence-corrected chi connectivity index (χ1v) is 12.5. The monoisotopic (exact) mass is 478 g/mol. The Morgan fingerprint density at radius 3 is 1.03 bits per heavy atom. The summed E-state index contributed by atoms with van der Waals surface area (Å²) in [4.78, 5) is 0. The third kappa shape index (κ3) is 9.04. The molecule has 4 heteroatoms. The first-order valence-electron chi connectivity index (χ1n) is 10.4. The molecule has 2 aromatic carbocycles. The van der Waals surface area contributed by atoms with Crippen LogP contribution in [0.4, 0.5) is 0 Å². The second kappa shape index (κ2) is 16.5. The third-order valence-electron chi connectivity index (χ3n) is 5.57. The summed E-state index contributed by atoms with van der Waals surface area (Å²) in [5.41, 5.74) is 2.65. The van der Waals surface area contributed by atoms with Crippen molar-refractivity contribution in [3.8, 4) is 0 Å². The molecule has 0 spiro atoms. The molecule has 0 unspecified atom stereocenters. The zero-order valence-corrected chi connectivity index (χ0v) is 21.8. The second-order valence-electron chi connectivity index (χ2n) is 7.28. The zero-order chi connectivity index (χ0) is 23.9. The molecule has 2 saturated carbocycles. The van der Waals surface area contributed by atoms with Gasteiger partial charge in [-0.05, 0) is 72.8 Å². The van der Waals surface area contributed by atoms with Gasteiger partial charge in [0.05, 0.1) is 5.71 Å². The molecule has 2 aromatic rings. The average Bonchev–Trinajstić information content (AvgIpc) is 3.49. The molecule has 0 aromatic heterocycles. The van der Waals surface area contributed by atoms with Crippen LogP contribution in [0.1, 0.15) is 45.7 Å². The summed E-state index contributed by atoms with van der Waals surface area (Å²) in [6.07, 6.45) is 10.0. The van der Waals surface area contributed by atoms with Crippen LogP contribution in [-0.2, 0) is 19.4 Å². The maximum Gasteiger partial charge on any atom is 0.0554 e. The van der Waals surface area contributed by atoms with Crippen molar-refractivity contribution >= 4 is 15.0 Å².